The van der Waals surface area contributed by atoms with Gasteiger partial charge in [0.1, 0.15) is 0 Å². The van der Waals surface area contributed by atoms with E-state index in [9.17, 15) is 9.59 Å². The fourth-order valence-corrected chi connectivity index (χ4v) is 3.23. The summed E-state index contributed by atoms with van der Waals surface area (Å²) in [5, 5.41) is 14.2. The zero-order valence-electron chi connectivity index (χ0n) is 17.1. The molecule has 8 heteroatoms. The van der Waals surface area contributed by atoms with E-state index in [0.717, 1.165) is 11.1 Å². The Morgan fingerprint density at radius 1 is 0.667 bits per heavy atom. The monoisotopic (exact) mass is 406 g/mol. The van der Waals surface area contributed by atoms with Gasteiger partial charge < -0.3 is 10.6 Å². The highest BCUT2D eigenvalue weighted by Crippen LogP contribution is 2.19. The lowest BCUT2D eigenvalue weighted by Crippen LogP contribution is -2.39. The van der Waals surface area contributed by atoms with Gasteiger partial charge in [-0.25, -0.2) is 20.4 Å². The summed E-state index contributed by atoms with van der Waals surface area (Å²) in [4.78, 5) is 24.9. The van der Waals surface area contributed by atoms with Crippen LogP contribution in [-0.2, 0) is 0 Å². The average Bonchev–Trinajstić information content (AvgIpc) is 2.76. The van der Waals surface area contributed by atoms with Crippen molar-refractivity contribution in [3.63, 3.8) is 0 Å². The zero-order chi connectivity index (χ0) is 21.3. The number of nitrogens with zero attached hydrogens (tertiary/aromatic N) is 2. The van der Waals surface area contributed by atoms with Gasteiger partial charge in [-0.1, -0.05) is 60.7 Å². The third-order valence-electron chi connectivity index (χ3n) is 4.71. The molecule has 3 rings (SSSR count). The average molecular weight is 406 g/mol. The predicted octanol–water partition coefficient (Wildman–Crippen LogP) is 3.61. The lowest BCUT2D eigenvalue weighted by Gasteiger charge is -2.21. The lowest BCUT2D eigenvalue weighted by molar-refractivity contribution is 0.235. The van der Waals surface area contributed by atoms with Gasteiger partial charge in [-0.15, -0.1) is 0 Å². The molecule has 2 unspecified atom stereocenters. The Labute approximate surface area is 175 Å². The first-order valence-corrected chi connectivity index (χ1v) is 9.80. The Morgan fingerprint density at radius 3 is 1.40 bits per heavy atom. The van der Waals surface area contributed by atoms with E-state index in [1.54, 1.807) is 13.8 Å². The number of rotatable bonds is 2. The van der Waals surface area contributed by atoms with E-state index in [0.29, 0.717) is 24.3 Å². The molecule has 2 aromatic rings. The van der Waals surface area contributed by atoms with E-state index in [1.165, 1.54) is 0 Å². The summed E-state index contributed by atoms with van der Waals surface area (Å²) >= 11 is 0. The molecule has 4 N–H and O–H groups in total. The molecule has 2 aromatic carbocycles. The molecular weight excluding hydrogens is 380 g/mol. The van der Waals surface area contributed by atoms with E-state index >= 15 is 0 Å². The van der Waals surface area contributed by atoms with Crippen LogP contribution in [0, 0.1) is 0 Å². The van der Waals surface area contributed by atoms with Crippen molar-refractivity contribution in [3.05, 3.63) is 71.8 Å². The summed E-state index contributed by atoms with van der Waals surface area (Å²) in [6.45, 7) is 3.61. The van der Waals surface area contributed by atoms with Crippen LogP contribution in [0.3, 0.4) is 0 Å². The van der Waals surface area contributed by atoms with E-state index in [1.807, 2.05) is 60.7 Å². The van der Waals surface area contributed by atoms with E-state index < -0.39 is 12.1 Å². The number of hydrazone groups is 2. The third-order valence-corrected chi connectivity index (χ3v) is 4.71. The Hall–Kier alpha value is -3.68. The van der Waals surface area contributed by atoms with Crippen molar-refractivity contribution in [1.29, 1.82) is 0 Å². The molecule has 1 aliphatic rings. The smallest absolute Gasteiger partial charge is 0.329 e. The van der Waals surface area contributed by atoms with Crippen LogP contribution in [0.25, 0.3) is 0 Å². The second-order valence-corrected chi connectivity index (χ2v) is 7.20. The normalized spacial score (nSPS) is 24.5. The van der Waals surface area contributed by atoms with Crippen molar-refractivity contribution in [2.75, 3.05) is 0 Å². The lowest BCUT2D eigenvalue weighted by atomic mass is 10.0. The molecule has 0 saturated carbocycles. The van der Waals surface area contributed by atoms with Gasteiger partial charge in [0.25, 0.3) is 0 Å². The van der Waals surface area contributed by atoms with Crippen molar-refractivity contribution >= 4 is 23.5 Å². The Morgan fingerprint density at radius 2 is 1.03 bits per heavy atom. The van der Waals surface area contributed by atoms with Crippen molar-refractivity contribution in [2.45, 2.75) is 38.8 Å². The quantitative estimate of drug-likeness (QED) is 0.611. The number of hydrogen-bond acceptors (Lipinski definition) is 4. The Balaban J connectivity index is 1.84. The largest absolute Gasteiger partial charge is 0.335 e. The van der Waals surface area contributed by atoms with Crippen molar-refractivity contribution < 1.29 is 9.59 Å². The summed E-state index contributed by atoms with van der Waals surface area (Å²) in [5.74, 6) is 0. The van der Waals surface area contributed by atoms with Crippen molar-refractivity contribution in [1.82, 2.24) is 21.5 Å². The van der Waals surface area contributed by atoms with Crippen LogP contribution in [0.2, 0.25) is 0 Å². The van der Waals surface area contributed by atoms with Crippen LogP contribution < -0.4 is 21.5 Å². The van der Waals surface area contributed by atoms with Crippen molar-refractivity contribution in [3.8, 4) is 0 Å². The molecule has 0 bridgehead atoms. The van der Waals surface area contributed by atoms with Gasteiger partial charge in [-0.3, -0.25) is 0 Å². The Kier molecular flexibility index (Phi) is 7.15. The molecule has 156 valence electrons. The fourth-order valence-electron chi connectivity index (χ4n) is 3.23. The first-order valence-electron chi connectivity index (χ1n) is 9.80. The molecule has 8 nitrogen and oxygen atoms in total. The maximum atomic E-state index is 12.4. The molecule has 1 heterocycles. The van der Waals surface area contributed by atoms with E-state index in [4.69, 9.17) is 0 Å². The van der Waals surface area contributed by atoms with Crippen LogP contribution in [0.1, 0.15) is 49.9 Å². The van der Waals surface area contributed by atoms with E-state index in [2.05, 4.69) is 31.7 Å². The minimum atomic E-state index is -0.402. The summed E-state index contributed by atoms with van der Waals surface area (Å²) in [5.41, 5.74) is 8.32. The molecule has 0 aliphatic carbocycles. The van der Waals surface area contributed by atoms with Gasteiger partial charge in [0, 0.05) is 24.3 Å². The first-order chi connectivity index (χ1) is 14.5. The SMILES string of the molecule is C/C1=N\NC(=O)NC(c2ccccc2)C/C(C)=N/NC(=O)NC(c2ccccc2)C1. The highest BCUT2D eigenvalue weighted by Gasteiger charge is 2.19. The number of hydrogen-bond donors (Lipinski definition) is 4. The molecule has 2 atom stereocenters. The standard InChI is InChI=1S/C22H26N6O2/c1-15-13-19(17-9-5-3-6-10-17)23-22(30)28-26-16(2)14-20(24-21(29)27-25-15)18-11-7-4-8-12-18/h3-12,19-20H,13-14H2,1-2H3,(H2,24,27,29)(H2,23,28,30)/b25-15+,26-16+. The van der Waals surface area contributed by atoms with Crippen molar-refractivity contribution in [2.24, 2.45) is 10.2 Å². The molecular formula is C22H26N6O2. The second-order valence-electron chi connectivity index (χ2n) is 7.20. The minimum Gasteiger partial charge on any atom is -0.329 e. The third kappa shape index (κ3) is 6.16. The fraction of sp³-hybridized carbons (Fsp3) is 0.273. The van der Waals surface area contributed by atoms with Crippen LogP contribution in [-0.4, -0.2) is 23.5 Å². The predicted molar refractivity (Wildman–Crippen MR) is 117 cm³/mol. The maximum Gasteiger partial charge on any atom is 0.335 e. The highest BCUT2D eigenvalue weighted by molar-refractivity contribution is 5.87. The zero-order valence-corrected chi connectivity index (χ0v) is 17.1. The first kappa shape index (κ1) is 21.0. The summed E-state index contributed by atoms with van der Waals surface area (Å²) < 4.78 is 0. The summed E-state index contributed by atoms with van der Waals surface area (Å²) in [7, 11) is 0. The van der Waals surface area contributed by atoms with Gasteiger partial charge in [0.15, 0.2) is 0 Å². The van der Waals surface area contributed by atoms with Crippen LogP contribution in [0.15, 0.2) is 70.9 Å². The molecule has 0 aromatic heterocycles. The number of benzene rings is 2. The summed E-state index contributed by atoms with van der Waals surface area (Å²) in [6.07, 6.45) is 0.866. The van der Waals surface area contributed by atoms with Crippen LogP contribution >= 0.6 is 0 Å². The number of carbonyl (C=O) groups excluding carboxylic acids is 2. The maximum absolute atomic E-state index is 12.4. The summed E-state index contributed by atoms with van der Waals surface area (Å²) in [6, 6.07) is 17.8. The number of urea groups is 2. The van der Waals surface area contributed by atoms with Gasteiger partial charge in [-0.2, -0.15) is 10.2 Å². The van der Waals surface area contributed by atoms with Crippen LogP contribution in [0.5, 0.6) is 0 Å². The minimum absolute atomic E-state index is 0.310. The molecule has 0 radical (unpaired) electrons. The van der Waals surface area contributed by atoms with Gasteiger partial charge in [0.2, 0.25) is 0 Å². The molecule has 4 amide bonds. The number of amides is 4. The molecule has 0 spiro atoms. The molecule has 0 fully saturated rings. The number of carbonyl (C=O) groups is 2. The Bertz CT molecular complexity index is 850. The number of nitrogens with one attached hydrogen (secondary N) is 4. The highest BCUT2D eigenvalue weighted by atomic mass is 16.2. The van der Waals surface area contributed by atoms with E-state index in [-0.39, 0.29) is 12.1 Å². The van der Waals surface area contributed by atoms with Gasteiger partial charge in [-0.05, 0) is 25.0 Å². The molecule has 0 saturated heterocycles. The second kappa shape index (κ2) is 10.2. The van der Waals surface area contributed by atoms with Gasteiger partial charge >= 0.3 is 12.1 Å². The van der Waals surface area contributed by atoms with Crippen LogP contribution in [0.4, 0.5) is 9.59 Å². The molecule has 1 aliphatic heterocycles. The molecule has 30 heavy (non-hydrogen) atoms. The topological polar surface area (TPSA) is 107 Å². The van der Waals surface area contributed by atoms with Gasteiger partial charge in [0.05, 0.1) is 12.1 Å².